The van der Waals surface area contributed by atoms with E-state index in [1.165, 1.54) is 20.1 Å². The van der Waals surface area contributed by atoms with Crippen molar-refractivity contribution in [3.63, 3.8) is 0 Å². The molecule has 126 valence electrons. The van der Waals surface area contributed by atoms with Crippen LogP contribution in [0.1, 0.15) is 54.9 Å². The molecule has 0 saturated heterocycles. The number of ketones is 2. The van der Waals surface area contributed by atoms with Crippen LogP contribution in [0.4, 0.5) is 0 Å². The van der Waals surface area contributed by atoms with E-state index < -0.39 is 5.97 Å². The largest absolute Gasteiger partial charge is 0.508 e. The number of aromatic hydroxyl groups is 2. The molecule has 6 nitrogen and oxygen atoms in total. The van der Waals surface area contributed by atoms with Gasteiger partial charge < -0.3 is 19.7 Å². The van der Waals surface area contributed by atoms with E-state index in [9.17, 15) is 24.6 Å². The summed E-state index contributed by atoms with van der Waals surface area (Å²) in [6.45, 7) is 1.53. The molecular weight excluding hydrogens is 300 g/mol. The molecule has 0 aromatic heterocycles. The molecule has 0 saturated carbocycles. The van der Waals surface area contributed by atoms with Crippen molar-refractivity contribution >= 4 is 17.5 Å². The van der Waals surface area contributed by atoms with Gasteiger partial charge in [0.1, 0.15) is 17.3 Å². The average Bonchev–Trinajstić information content (AvgIpc) is 2.45. The number of methoxy groups -OCH3 is 1. The molecule has 23 heavy (non-hydrogen) atoms. The van der Waals surface area contributed by atoms with Gasteiger partial charge in [0.05, 0.1) is 19.1 Å². The zero-order valence-electron chi connectivity index (χ0n) is 13.4. The first-order valence-corrected chi connectivity index (χ1v) is 7.49. The molecule has 1 rings (SSSR count). The number of Topliss-reactive ketones (excluding diaryl/α,β-unsaturated/α-hetero) is 2. The first kappa shape index (κ1) is 18.7. The van der Waals surface area contributed by atoms with Crippen LogP contribution >= 0.6 is 0 Å². The highest BCUT2D eigenvalue weighted by atomic mass is 16.5. The van der Waals surface area contributed by atoms with E-state index in [1.807, 2.05) is 0 Å². The number of benzene rings is 1. The molecule has 0 aliphatic carbocycles. The maximum absolute atomic E-state index is 12.3. The van der Waals surface area contributed by atoms with Crippen molar-refractivity contribution < 1.29 is 29.3 Å². The van der Waals surface area contributed by atoms with Crippen LogP contribution < -0.4 is 0 Å². The third kappa shape index (κ3) is 6.10. The van der Waals surface area contributed by atoms with Crippen LogP contribution in [0.25, 0.3) is 0 Å². The quantitative estimate of drug-likeness (QED) is 0.411. The van der Waals surface area contributed by atoms with E-state index in [1.54, 1.807) is 0 Å². The Morgan fingerprint density at radius 2 is 1.70 bits per heavy atom. The fourth-order valence-corrected chi connectivity index (χ4v) is 2.32. The number of phenols is 2. The third-order valence-corrected chi connectivity index (χ3v) is 3.46. The van der Waals surface area contributed by atoms with Gasteiger partial charge in [-0.1, -0.05) is 6.42 Å². The SMILES string of the molecule is COC(=O)Cc1cc(O)cc(O)c1C(=O)CCCCCC(C)=O. The number of ether oxygens (including phenoxy) is 1. The molecule has 0 aliphatic heterocycles. The summed E-state index contributed by atoms with van der Waals surface area (Å²) in [6, 6.07) is 2.35. The van der Waals surface area contributed by atoms with E-state index in [-0.39, 0.29) is 47.0 Å². The molecule has 2 N–H and O–H groups in total. The van der Waals surface area contributed by atoms with Gasteiger partial charge in [-0.25, -0.2) is 0 Å². The van der Waals surface area contributed by atoms with Crippen molar-refractivity contribution in [2.75, 3.05) is 7.11 Å². The van der Waals surface area contributed by atoms with Gasteiger partial charge in [0.2, 0.25) is 0 Å². The molecule has 0 fully saturated rings. The Balaban J connectivity index is 2.78. The number of rotatable bonds is 9. The minimum atomic E-state index is -0.564. The second-order valence-corrected chi connectivity index (χ2v) is 5.44. The van der Waals surface area contributed by atoms with E-state index in [0.717, 1.165) is 18.9 Å². The highest BCUT2D eigenvalue weighted by Crippen LogP contribution is 2.29. The number of hydrogen-bond acceptors (Lipinski definition) is 6. The van der Waals surface area contributed by atoms with E-state index in [4.69, 9.17) is 0 Å². The summed E-state index contributed by atoms with van der Waals surface area (Å²) in [7, 11) is 1.22. The van der Waals surface area contributed by atoms with Crippen LogP contribution in [0.2, 0.25) is 0 Å². The molecule has 0 unspecified atom stereocenters. The van der Waals surface area contributed by atoms with Crippen LogP contribution in [0, 0.1) is 0 Å². The Bertz CT molecular complexity index is 591. The molecule has 0 radical (unpaired) electrons. The molecule has 0 atom stereocenters. The zero-order chi connectivity index (χ0) is 17.4. The molecule has 0 amide bonds. The summed E-state index contributed by atoms with van der Waals surface area (Å²) in [5, 5.41) is 19.5. The monoisotopic (exact) mass is 322 g/mol. The molecular formula is C17H22O6. The van der Waals surface area contributed by atoms with Gasteiger partial charge in [-0.3, -0.25) is 9.59 Å². The lowest BCUT2D eigenvalue weighted by atomic mass is 9.96. The fraction of sp³-hybridized carbons (Fsp3) is 0.471. The number of esters is 1. The molecule has 1 aromatic rings. The maximum Gasteiger partial charge on any atom is 0.310 e. The molecule has 0 spiro atoms. The number of phenolic OH excluding ortho intramolecular Hbond substituents is 2. The van der Waals surface area contributed by atoms with Gasteiger partial charge in [0.25, 0.3) is 0 Å². The van der Waals surface area contributed by atoms with Crippen molar-refractivity contribution in [3.05, 3.63) is 23.3 Å². The lowest BCUT2D eigenvalue weighted by Crippen LogP contribution is -2.10. The summed E-state index contributed by atoms with van der Waals surface area (Å²) in [5.41, 5.74) is 0.280. The second kappa shape index (κ2) is 8.92. The summed E-state index contributed by atoms with van der Waals surface area (Å²) < 4.78 is 4.56. The van der Waals surface area contributed by atoms with Crippen molar-refractivity contribution in [1.82, 2.24) is 0 Å². The maximum atomic E-state index is 12.3. The standard InChI is InChI=1S/C17H22O6/c1-11(18)6-4-3-5-7-14(20)17-12(9-16(22)23-2)8-13(19)10-15(17)21/h8,10,19,21H,3-7,9H2,1-2H3. The van der Waals surface area contributed by atoms with Crippen LogP contribution in [-0.2, 0) is 20.7 Å². The Morgan fingerprint density at radius 3 is 2.30 bits per heavy atom. The highest BCUT2D eigenvalue weighted by Gasteiger charge is 2.19. The minimum absolute atomic E-state index is 0.0415. The summed E-state index contributed by atoms with van der Waals surface area (Å²) in [6.07, 6.45) is 2.53. The number of carbonyl (C=O) groups excluding carboxylic acids is 3. The number of unbranched alkanes of at least 4 members (excludes halogenated alkanes) is 2. The first-order chi connectivity index (χ1) is 10.8. The van der Waals surface area contributed by atoms with Crippen molar-refractivity contribution in [3.8, 4) is 11.5 Å². The third-order valence-electron chi connectivity index (χ3n) is 3.46. The van der Waals surface area contributed by atoms with Gasteiger partial charge in [-0.05, 0) is 31.4 Å². The van der Waals surface area contributed by atoms with Gasteiger partial charge in [0, 0.05) is 18.9 Å². The van der Waals surface area contributed by atoms with E-state index in [0.29, 0.717) is 12.8 Å². The first-order valence-electron chi connectivity index (χ1n) is 7.49. The normalized spacial score (nSPS) is 10.3. The molecule has 0 heterocycles. The molecule has 0 bridgehead atoms. The molecule has 0 aliphatic rings. The van der Waals surface area contributed by atoms with Gasteiger partial charge >= 0.3 is 5.97 Å². The van der Waals surface area contributed by atoms with Gasteiger partial charge in [-0.15, -0.1) is 0 Å². The zero-order valence-corrected chi connectivity index (χ0v) is 13.4. The Hall–Kier alpha value is -2.37. The topological polar surface area (TPSA) is 101 Å². The predicted molar refractivity (Wildman–Crippen MR) is 83.6 cm³/mol. The minimum Gasteiger partial charge on any atom is -0.508 e. The van der Waals surface area contributed by atoms with Gasteiger partial charge in [-0.2, -0.15) is 0 Å². The Labute approximate surface area is 135 Å². The summed E-state index contributed by atoms with van der Waals surface area (Å²) in [4.78, 5) is 34.6. The molecule has 1 aromatic carbocycles. The van der Waals surface area contributed by atoms with Gasteiger partial charge in [0.15, 0.2) is 5.78 Å². The van der Waals surface area contributed by atoms with Crippen LogP contribution in [0.15, 0.2) is 12.1 Å². The highest BCUT2D eigenvalue weighted by molar-refractivity contribution is 6.01. The average molecular weight is 322 g/mol. The lowest BCUT2D eigenvalue weighted by Gasteiger charge is -2.11. The van der Waals surface area contributed by atoms with E-state index in [2.05, 4.69) is 4.74 Å². The van der Waals surface area contributed by atoms with Crippen LogP contribution in [-0.4, -0.2) is 34.9 Å². The Morgan fingerprint density at radius 1 is 1.04 bits per heavy atom. The van der Waals surface area contributed by atoms with E-state index >= 15 is 0 Å². The molecule has 6 heteroatoms. The smallest absolute Gasteiger partial charge is 0.310 e. The predicted octanol–water partition coefficient (Wildman–Crippen LogP) is 2.54. The van der Waals surface area contributed by atoms with Crippen LogP contribution in [0.3, 0.4) is 0 Å². The van der Waals surface area contributed by atoms with Crippen LogP contribution in [0.5, 0.6) is 11.5 Å². The van der Waals surface area contributed by atoms with Crippen molar-refractivity contribution in [1.29, 1.82) is 0 Å². The summed E-state index contributed by atoms with van der Waals surface area (Å²) >= 11 is 0. The number of carbonyl (C=O) groups is 3. The lowest BCUT2D eigenvalue weighted by molar-refractivity contribution is -0.139. The second-order valence-electron chi connectivity index (χ2n) is 5.44. The Kier molecular flexibility index (Phi) is 7.25. The van der Waals surface area contributed by atoms with Crippen molar-refractivity contribution in [2.24, 2.45) is 0 Å². The van der Waals surface area contributed by atoms with Crippen molar-refractivity contribution in [2.45, 2.75) is 45.4 Å². The fourth-order valence-electron chi connectivity index (χ4n) is 2.32. The summed E-state index contributed by atoms with van der Waals surface area (Å²) in [5.74, 6) is -1.32. The number of hydrogen-bond donors (Lipinski definition) is 2.